The van der Waals surface area contributed by atoms with Crippen LogP contribution in [-0.2, 0) is 35.3 Å². The number of aryl methyl sites for hydroxylation is 1. The van der Waals surface area contributed by atoms with E-state index in [2.05, 4.69) is 16.3 Å². The molecule has 5 N–H and O–H groups in total. The highest BCUT2D eigenvalue weighted by atomic mass is 32.3. The lowest BCUT2D eigenvalue weighted by atomic mass is 9.97. The molecule has 1 aliphatic rings. The summed E-state index contributed by atoms with van der Waals surface area (Å²) in [5.74, 6) is -0.738. The lowest BCUT2D eigenvalue weighted by Gasteiger charge is -2.41. The van der Waals surface area contributed by atoms with E-state index in [-0.39, 0.29) is 6.42 Å². The fourth-order valence-electron chi connectivity index (χ4n) is 3.56. The van der Waals surface area contributed by atoms with Gasteiger partial charge in [-0.3, -0.25) is 9.35 Å². The smallest absolute Gasteiger partial charge is 0.397 e. The number of rotatable bonds is 13. The average molecular weight is 477 g/mol. The first kappa shape index (κ1) is 25.0. The van der Waals surface area contributed by atoms with Crippen LogP contribution in [0.3, 0.4) is 0 Å². The second kappa shape index (κ2) is 13.2. The Hall–Kier alpha value is -1.60. The molecular weight excluding hydrogens is 442 g/mol. The quantitative estimate of drug-likeness (QED) is 0.184. The van der Waals surface area contributed by atoms with Crippen LogP contribution >= 0.6 is 0 Å². The maximum atomic E-state index is 12.3. The lowest BCUT2D eigenvalue weighted by Crippen LogP contribution is -2.64. The maximum Gasteiger partial charge on any atom is 0.397 e. The normalized spacial score (nSPS) is 28.8. The molecule has 1 unspecified atom stereocenters. The summed E-state index contributed by atoms with van der Waals surface area (Å²) in [7, 11) is -5.03. The SMILES string of the molecule is [2H]C1(O)O[C@H](CO)[C@@H](OS(=O)(=O)O)[C@H](OC(=O)CCCCCCCCc2ccccc2)[C@H]1N. The summed E-state index contributed by atoms with van der Waals surface area (Å²) in [6, 6.07) is 8.53. The molecule has 182 valence electrons. The number of unbranched alkanes of at least 4 members (excludes halogenated alkanes) is 5. The number of aliphatic hydroxyl groups excluding tert-OH is 1. The Kier molecular flexibility index (Phi) is 10.3. The average Bonchev–Trinajstić information content (AvgIpc) is 2.75. The summed E-state index contributed by atoms with van der Waals surface area (Å²) < 4.78 is 53.5. The van der Waals surface area contributed by atoms with Gasteiger partial charge in [0.2, 0.25) is 0 Å². The zero-order valence-electron chi connectivity index (χ0n) is 18.8. The minimum Gasteiger partial charge on any atom is -0.458 e. The Balaban J connectivity index is 1.76. The summed E-state index contributed by atoms with van der Waals surface area (Å²) in [5.41, 5.74) is 7.03. The molecule has 0 spiro atoms. The minimum absolute atomic E-state index is 0.00685. The van der Waals surface area contributed by atoms with E-state index < -0.39 is 53.6 Å². The Morgan fingerprint density at radius 1 is 1.09 bits per heavy atom. The first-order valence-electron chi connectivity index (χ1n) is 11.2. The van der Waals surface area contributed by atoms with Gasteiger partial charge in [-0.2, -0.15) is 8.42 Å². The monoisotopic (exact) mass is 476 g/mol. The second-order valence-electron chi connectivity index (χ2n) is 7.75. The minimum atomic E-state index is -5.03. The molecule has 32 heavy (non-hydrogen) atoms. The molecule has 11 heteroatoms. The molecular formula is C21H33NO9S. The van der Waals surface area contributed by atoms with Crippen molar-refractivity contribution in [1.29, 1.82) is 0 Å². The van der Waals surface area contributed by atoms with E-state index in [1.54, 1.807) is 0 Å². The van der Waals surface area contributed by atoms with Crippen LogP contribution in [0.15, 0.2) is 30.3 Å². The van der Waals surface area contributed by atoms with Crippen molar-refractivity contribution in [3.63, 3.8) is 0 Å². The van der Waals surface area contributed by atoms with Crippen molar-refractivity contribution in [3.8, 4) is 0 Å². The molecule has 1 saturated heterocycles. The predicted molar refractivity (Wildman–Crippen MR) is 115 cm³/mol. The summed E-state index contributed by atoms with van der Waals surface area (Å²) in [6.07, 6.45) is -1.25. The fourth-order valence-corrected chi connectivity index (χ4v) is 4.07. The van der Waals surface area contributed by atoms with Gasteiger partial charge in [0.25, 0.3) is 0 Å². The molecule has 0 radical (unpaired) electrons. The van der Waals surface area contributed by atoms with Crippen molar-refractivity contribution >= 4 is 16.4 Å². The van der Waals surface area contributed by atoms with Gasteiger partial charge in [0.1, 0.15) is 12.2 Å². The number of carbonyl (C=O) groups is 1. The Morgan fingerprint density at radius 2 is 1.72 bits per heavy atom. The molecule has 5 atom stereocenters. The van der Waals surface area contributed by atoms with Crippen molar-refractivity contribution < 1.29 is 43.0 Å². The van der Waals surface area contributed by atoms with Gasteiger partial charge >= 0.3 is 16.4 Å². The molecule has 1 aliphatic heterocycles. The molecule has 10 nitrogen and oxygen atoms in total. The third-order valence-electron chi connectivity index (χ3n) is 5.22. The van der Waals surface area contributed by atoms with Crippen molar-refractivity contribution in [3.05, 3.63) is 35.9 Å². The number of nitrogens with two attached hydrogens (primary N) is 1. The highest BCUT2D eigenvalue weighted by Crippen LogP contribution is 2.25. The van der Waals surface area contributed by atoms with Crippen LogP contribution in [0.4, 0.5) is 0 Å². The van der Waals surface area contributed by atoms with Crippen LogP contribution in [0, 0.1) is 0 Å². The summed E-state index contributed by atoms with van der Waals surface area (Å²) in [6.45, 7) is -0.883. The van der Waals surface area contributed by atoms with E-state index in [0.29, 0.717) is 6.42 Å². The number of hydrogen-bond acceptors (Lipinski definition) is 9. The van der Waals surface area contributed by atoms with Gasteiger partial charge in [-0.25, -0.2) is 4.18 Å². The molecule has 1 heterocycles. The van der Waals surface area contributed by atoms with Crippen LogP contribution in [0.1, 0.15) is 51.9 Å². The maximum absolute atomic E-state index is 12.3. The van der Waals surface area contributed by atoms with Gasteiger partial charge in [-0.05, 0) is 24.8 Å². The Bertz CT molecular complexity index is 837. The zero-order chi connectivity index (χ0) is 24.5. The Labute approximate surface area is 190 Å². The molecule has 0 amide bonds. The first-order valence-corrected chi connectivity index (χ1v) is 12.1. The van der Waals surface area contributed by atoms with Gasteiger partial charge in [0.15, 0.2) is 12.4 Å². The second-order valence-corrected chi connectivity index (χ2v) is 8.80. The standard InChI is InChI=1S/C21H33NO9S/c22-18-20(19(31-32(26,27)28)16(14-23)29-21(18)25)30-17(24)13-9-4-2-1-3-6-10-15-11-7-5-8-12-15/h5,7-8,11-12,16,18-21,23,25H,1-4,6,9-10,13-14,22H2,(H,26,27,28)/t16-,18-,19-,20-,21?/m1/s1/i21D. The summed E-state index contributed by atoms with van der Waals surface area (Å²) >= 11 is 0. The predicted octanol–water partition coefficient (Wildman–Crippen LogP) is 1.10. The number of hydrogen-bond donors (Lipinski definition) is 4. The first-order chi connectivity index (χ1) is 15.5. The molecule has 1 aromatic rings. The van der Waals surface area contributed by atoms with Crippen molar-refractivity contribution in [2.75, 3.05) is 6.61 Å². The lowest BCUT2D eigenvalue weighted by molar-refractivity contribution is -0.249. The third-order valence-corrected chi connectivity index (χ3v) is 5.69. The number of aliphatic hydroxyl groups is 2. The number of esters is 1. The van der Waals surface area contributed by atoms with Gasteiger partial charge in [-0.1, -0.05) is 56.0 Å². The van der Waals surface area contributed by atoms with Gasteiger partial charge in [-0.15, -0.1) is 0 Å². The van der Waals surface area contributed by atoms with Crippen LogP contribution in [-0.4, -0.2) is 66.4 Å². The largest absolute Gasteiger partial charge is 0.458 e. The van der Waals surface area contributed by atoms with Crippen LogP contribution < -0.4 is 5.73 Å². The van der Waals surface area contributed by atoms with Crippen molar-refractivity contribution in [1.82, 2.24) is 0 Å². The van der Waals surface area contributed by atoms with E-state index in [1.807, 2.05) is 18.2 Å². The van der Waals surface area contributed by atoms with Crippen LogP contribution in [0.5, 0.6) is 0 Å². The molecule has 2 rings (SSSR count). The molecule has 0 bridgehead atoms. The van der Waals surface area contributed by atoms with Crippen molar-refractivity contribution in [2.45, 2.75) is 82.0 Å². The highest BCUT2D eigenvalue weighted by molar-refractivity contribution is 7.80. The molecule has 0 aromatic heterocycles. The Morgan fingerprint density at radius 3 is 2.34 bits per heavy atom. The van der Waals surface area contributed by atoms with E-state index in [1.165, 1.54) is 5.56 Å². The van der Waals surface area contributed by atoms with Gasteiger partial charge < -0.3 is 25.4 Å². The van der Waals surface area contributed by atoms with Gasteiger partial charge in [0, 0.05) is 6.42 Å². The summed E-state index contributed by atoms with van der Waals surface area (Å²) in [5, 5.41) is 19.4. The third kappa shape index (κ3) is 9.10. The zero-order valence-corrected chi connectivity index (χ0v) is 18.7. The fraction of sp³-hybridized carbons (Fsp3) is 0.667. The molecule has 1 aromatic carbocycles. The van der Waals surface area contributed by atoms with Crippen molar-refractivity contribution in [2.24, 2.45) is 5.73 Å². The number of ether oxygens (including phenoxy) is 2. The molecule has 0 saturated carbocycles. The molecule has 0 aliphatic carbocycles. The van der Waals surface area contributed by atoms with Crippen LogP contribution in [0.25, 0.3) is 0 Å². The van der Waals surface area contributed by atoms with E-state index in [4.69, 9.17) is 21.1 Å². The van der Waals surface area contributed by atoms with E-state index in [0.717, 1.165) is 38.5 Å². The number of carbonyl (C=O) groups excluding carboxylic acids is 1. The summed E-state index contributed by atoms with van der Waals surface area (Å²) in [4.78, 5) is 12.3. The van der Waals surface area contributed by atoms with Crippen LogP contribution in [0.2, 0.25) is 0 Å². The number of benzene rings is 1. The molecule has 1 fully saturated rings. The van der Waals surface area contributed by atoms with Gasteiger partial charge in [0.05, 0.1) is 14.0 Å². The van der Waals surface area contributed by atoms with E-state index >= 15 is 0 Å². The topological polar surface area (TPSA) is 166 Å². The highest BCUT2D eigenvalue weighted by Gasteiger charge is 2.48. The van der Waals surface area contributed by atoms with E-state index in [9.17, 15) is 23.4 Å².